The first-order valence-corrected chi connectivity index (χ1v) is 5.75. The first-order chi connectivity index (χ1) is 8.41. The summed E-state index contributed by atoms with van der Waals surface area (Å²) in [4.78, 5) is 35.4. The van der Waals surface area contributed by atoms with Gasteiger partial charge in [0, 0.05) is 23.9 Å². The number of ketones is 1. The largest absolute Gasteiger partial charge is 0.462 e. The van der Waals surface area contributed by atoms with Crippen LogP contribution in [0.15, 0.2) is 23.9 Å². The molecule has 0 aliphatic carbocycles. The van der Waals surface area contributed by atoms with E-state index in [4.69, 9.17) is 4.74 Å². The molecule has 1 rings (SSSR count). The van der Waals surface area contributed by atoms with Crippen LogP contribution in [-0.4, -0.2) is 35.7 Å². The number of carbonyl (C=O) groups excluding carboxylic acids is 3. The second-order valence-electron chi connectivity index (χ2n) is 4.27. The summed E-state index contributed by atoms with van der Waals surface area (Å²) in [6, 6.07) is 0. The standard InChI is InChI=1S/C13H17NO4/c1-9(2)13(17)18-6-4-5-14-8-10(3)11(15)7-12(14)16/h8H,1,4-7H2,2-3H3. The number of rotatable bonds is 5. The van der Waals surface area contributed by atoms with Crippen molar-refractivity contribution in [3.05, 3.63) is 23.9 Å². The van der Waals surface area contributed by atoms with Gasteiger partial charge in [-0.15, -0.1) is 0 Å². The molecule has 18 heavy (non-hydrogen) atoms. The Hall–Kier alpha value is -1.91. The second-order valence-corrected chi connectivity index (χ2v) is 4.27. The highest BCUT2D eigenvalue weighted by molar-refractivity contribution is 6.09. The van der Waals surface area contributed by atoms with Gasteiger partial charge in [0.2, 0.25) is 5.91 Å². The van der Waals surface area contributed by atoms with Gasteiger partial charge in [0.05, 0.1) is 13.0 Å². The van der Waals surface area contributed by atoms with Crippen LogP contribution in [0.2, 0.25) is 0 Å². The Balaban J connectivity index is 2.36. The Morgan fingerprint density at radius 2 is 2.17 bits per heavy atom. The number of nitrogens with zero attached hydrogens (tertiary/aromatic N) is 1. The number of Topliss-reactive ketones (excluding diaryl/α,β-unsaturated/α-hetero) is 1. The molecule has 0 bridgehead atoms. The Bertz CT molecular complexity index is 423. The van der Waals surface area contributed by atoms with Crippen molar-refractivity contribution in [1.82, 2.24) is 4.90 Å². The molecule has 0 aromatic carbocycles. The molecule has 1 aliphatic rings. The van der Waals surface area contributed by atoms with Crippen LogP contribution < -0.4 is 0 Å². The summed E-state index contributed by atoms with van der Waals surface area (Å²) >= 11 is 0. The van der Waals surface area contributed by atoms with Crippen molar-refractivity contribution < 1.29 is 19.1 Å². The molecule has 0 saturated heterocycles. The lowest BCUT2D eigenvalue weighted by Crippen LogP contribution is -2.34. The number of allylic oxidation sites excluding steroid dienone is 1. The maximum atomic E-state index is 11.5. The van der Waals surface area contributed by atoms with Gasteiger partial charge in [0.25, 0.3) is 0 Å². The number of amides is 1. The Labute approximate surface area is 106 Å². The molecule has 0 spiro atoms. The van der Waals surface area contributed by atoms with E-state index in [0.29, 0.717) is 24.1 Å². The van der Waals surface area contributed by atoms with E-state index in [1.807, 2.05) is 0 Å². The average Bonchev–Trinajstić information content (AvgIpc) is 2.30. The fraction of sp³-hybridized carbons (Fsp3) is 0.462. The Morgan fingerprint density at radius 3 is 2.78 bits per heavy atom. The third-order valence-corrected chi connectivity index (χ3v) is 2.55. The van der Waals surface area contributed by atoms with E-state index in [9.17, 15) is 14.4 Å². The molecule has 0 N–H and O–H groups in total. The fourth-order valence-corrected chi connectivity index (χ4v) is 1.47. The number of carbonyl (C=O) groups is 3. The van der Waals surface area contributed by atoms with E-state index in [1.54, 1.807) is 20.0 Å². The van der Waals surface area contributed by atoms with E-state index >= 15 is 0 Å². The summed E-state index contributed by atoms with van der Waals surface area (Å²) in [7, 11) is 0. The molecular weight excluding hydrogens is 234 g/mol. The zero-order valence-electron chi connectivity index (χ0n) is 10.7. The SMILES string of the molecule is C=C(C)C(=O)OCCCN1C=C(C)C(=O)CC1=O. The summed E-state index contributed by atoms with van der Waals surface area (Å²) in [5.41, 5.74) is 0.930. The van der Waals surface area contributed by atoms with Crippen molar-refractivity contribution in [3.8, 4) is 0 Å². The fourth-order valence-electron chi connectivity index (χ4n) is 1.47. The quantitative estimate of drug-likeness (QED) is 0.319. The minimum absolute atomic E-state index is 0.0755. The van der Waals surface area contributed by atoms with Crippen LogP contribution in [0.5, 0.6) is 0 Å². The molecular formula is C13H17NO4. The lowest BCUT2D eigenvalue weighted by molar-refractivity contribution is -0.139. The average molecular weight is 251 g/mol. The summed E-state index contributed by atoms with van der Waals surface area (Å²) in [6.45, 7) is 7.40. The molecule has 1 amide bonds. The maximum absolute atomic E-state index is 11.5. The molecule has 0 fully saturated rings. The second kappa shape index (κ2) is 6.14. The number of ether oxygens (including phenoxy) is 1. The highest BCUT2D eigenvalue weighted by Gasteiger charge is 2.22. The van der Waals surface area contributed by atoms with Crippen LogP contribution in [0.3, 0.4) is 0 Å². The monoisotopic (exact) mass is 251 g/mol. The first-order valence-electron chi connectivity index (χ1n) is 5.75. The normalized spacial score (nSPS) is 15.4. The van der Waals surface area contributed by atoms with Crippen LogP contribution in [-0.2, 0) is 19.1 Å². The summed E-state index contributed by atoms with van der Waals surface area (Å²) in [6.07, 6.45) is 2.01. The van der Waals surface area contributed by atoms with E-state index < -0.39 is 5.97 Å². The van der Waals surface area contributed by atoms with Gasteiger partial charge in [-0.3, -0.25) is 9.59 Å². The van der Waals surface area contributed by atoms with Crippen molar-refractivity contribution in [1.29, 1.82) is 0 Å². The van der Waals surface area contributed by atoms with Gasteiger partial charge in [0.15, 0.2) is 5.78 Å². The molecule has 0 saturated carbocycles. The predicted octanol–water partition coefficient (Wildman–Crippen LogP) is 1.20. The van der Waals surface area contributed by atoms with E-state index in [2.05, 4.69) is 6.58 Å². The first kappa shape index (κ1) is 14.2. The van der Waals surface area contributed by atoms with Gasteiger partial charge in [-0.25, -0.2) is 4.79 Å². The molecule has 0 aromatic heterocycles. The van der Waals surface area contributed by atoms with Crippen molar-refractivity contribution in [2.75, 3.05) is 13.2 Å². The minimum Gasteiger partial charge on any atom is -0.462 e. The highest BCUT2D eigenvalue weighted by atomic mass is 16.5. The molecule has 0 radical (unpaired) electrons. The number of hydrogen-bond donors (Lipinski definition) is 0. The maximum Gasteiger partial charge on any atom is 0.333 e. The zero-order chi connectivity index (χ0) is 13.7. The molecule has 98 valence electrons. The van der Waals surface area contributed by atoms with Crippen LogP contribution in [0.1, 0.15) is 26.7 Å². The predicted molar refractivity (Wildman–Crippen MR) is 65.5 cm³/mol. The van der Waals surface area contributed by atoms with Crippen LogP contribution in [0.25, 0.3) is 0 Å². The van der Waals surface area contributed by atoms with Gasteiger partial charge in [-0.1, -0.05) is 6.58 Å². The number of esters is 1. The molecule has 5 heteroatoms. The van der Waals surface area contributed by atoms with E-state index in [0.717, 1.165) is 0 Å². The van der Waals surface area contributed by atoms with Crippen LogP contribution in [0.4, 0.5) is 0 Å². The minimum atomic E-state index is -0.429. The van der Waals surface area contributed by atoms with Crippen molar-refractivity contribution in [3.63, 3.8) is 0 Å². The number of hydrogen-bond acceptors (Lipinski definition) is 4. The summed E-state index contributed by atoms with van der Waals surface area (Å²) in [5, 5.41) is 0. The van der Waals surface area contributed by atoms with Crippen LogP contribution in [0, 0.1) is 0 Å². The lowest BCUT2D eigenvalue weighted by atomic mass is 10.1. The van der Waals surface area contributed by atoms with Gasteiger partial charge in [-0.05, 0) is 20.3 Å². The molecule has 0 aromatic rings. The topological polar surface area (TPSA) is 63.7 Å². The Kier molecular flexibility index (Phi) is 4.83. The van der Waals surface area contributed by atoms with Crippen molar-refractivity contribution in [2.24, 2.45) is 0 Å². The van der Waals surface area contributed by atoms with Gasteiger partial charge >= 0.3 is 5.97 Å². The van der Waals surface area contributed by atoms with Gasteiger partial charge < -0.3 is 9.64 Å². The summed E-state index contributed by atoms with van der Waals surface area (Å²) < 4.78 is 4.91. The molecule has 1 aliphatic heterocycles. The lowest BCUT2D eigenvalue weighted by Gasteiger charge is -2.22. The highest BCUT2D eigenvalue weighted by Crippen LogP contribution is 2.12. The summed E-state index contributed by atoms with van der Waals surface area (Å²) in [5.74, 6) is -0.774. The van der Waals surface area contributed by atoms with Crippen molar-refractivity contribution >= 4 is 17.7 Å². The van der Waals surface area contributed by atoms with E-state index in [-0.39, 0.29) is 24.7 Å². The zero-order valence-corrected chi connectivity index (χ0v) is 10.7. The van der Waals surface area contributed by atoms with Gasteiger partial charge in [0.1, 0.15) is 0 Å². The third kappa shape index (κ3) is 3.84. The third-order valence-electron chi connectivity index (χ3n) is 2.55. The van der Waals surface area contributed by atoms with Crippen molar-refractivity contribution in [2.45, 2.75) is 26.7 Å². The molecule has 5 nitrogen and oxygen atoms in total. The smallest absolute Gasteiger partial charge is 0.333 e. The van der Waals surface area contributed by atoms with E-state index in [1.165, 1.54) is 4.90 Å². The molecule has 0 unspecified atom stereocenters. The molecule has 1 heterocycles. The Morgan fingerprint density at radius 1 is 1.50 bits per heavy atom. The van der Waals surface area contributed by atoms with Crippen LogP contribution >= 0.6 is 0 Å². The van der Waals surface area contributed by atoms with Gasteiger partial charge in [-0.2, -0.15) is 0 Å². The molecule has 0 atom stereocenters.